The molecule has 21 heavy (non-hydrogen) atoms. The first kappa shape index (κ1) is 16.0. The van der Waals surface area contributed by atoms with Gasteiger partial charge in [0.15, 0.2) is 0 Å². The van der Waals surface area contributed by atoms with Crippen molar-refractivity contribution in [1.29, 1.82) is 0 Å². The zero-order chi connectivity index (χ0) is 15.2. The number of rotatable bonds is 5. The van der Waals surface area contributed by atoms with E-state index in [0.717, 1.165) is 16.6 Å². The molecule has 0 bridgehead atoms. The maximum Gasteiger partial charge on any atom is 0.238 e. The summed E-state index contributed by atoms with van der Waals surface area (Å²) in [6.45, 7) is 1.04. The molecule has 0 aliphatic carbocycles. The summed E-state index contributed by atoms with van der Waals surface area (Å²) >= 11 is 9.29. The minimum absolute atomic E-state index is 0.0584. The third-order valence-electron chi connectivity index (χ3n) is 2.89. The van der Waals surface area contributed by atoms with Crippen LogP contribution in [0.3, 0.4) is 0 Å². The molecule has 5 heteroatoms. The van der Waals surface area contributed by atoms with Crippen molar-refractivity contribution in [3.05, 3.63) is 63.6 Å². The summed E-state index contributed by atoms with van der Waals surface area (Å²) in [6, 6.07) is 15.2. The second-order valence-corrected chi connectivity index (χ2v) is 6.21. The highest BCUT2D eigenvalue weighted by atomic mass is 79.9. The SMILES string of the molecule is CN(CC(=O)Nc1cccc(Cl)c1)Cc1ccc(Br)cc1. The third-order valence-corrected chi connectivity index (χ3v) is 3.65. The number of carbonyl (C=O) groups is 1. The van der Waals surface area contributed by atoms with Crippen molar-refractivity contribution in [1.82, 2.24) is 4.90 Å². The highest BCUT2D eigenvalue weighted by Crippen LogP contribution is 2.15. The van der Waals surface area contributed by atoms with Crippen LogP contribution in [0, 0.1) is 0 Å². The summed E-state index contributed by atoms with van der Waals surface area (Å²) < 4.78 is 1.05. The number of carbonyl (C=O) groups excluding carboxylic acids is 1. The number of likely N-dealkylation sites (N-methyl/N-ethyl adjacent to an activating group) is 1. The van der Waals surface area contributed by atoms with Crippen molar-refractivity contribution in [2.45, 2.75) is 6.54 Å². The molecule has 0 heterocycles. The topological polar surface area (TPSA) is 32.3 Å². The van der Waals surface area contributed by atoms with Gasteiger partial charge in [0, 0.05) is 21.7 Å². The number of hydrogen-bond acceptors (Lipinski definition) is 2. The van der Waals surface area contributed by atoms with Crippen LogP contribution in [0.4, 0.5) is 5.69 Å². The largest absolute Gasteiger partial charge is 0.325 e. The lowest BCUT2D eigenvalue weighted by molar-refractivity contribution is -0.117. The van der Waals surface area contributed by atoms with Crippen LogP contribution in [-0.4, -0.2) is 24.4 Å². The van der Waals surface area contributed by atoms with Crippen molar-refractivity contribution in [3.8, 4) is 0 Å². The Hall–Kier alpha value is -1.36. The molecule has 0 aliphatic heterocycles. The van der Waals surface area contributed by atoms with Gasteiger partial charge in [-0.2, -0.15) is 0 Å². The molecule has 1 amide bonds. The number of halogens is 2. The molecule has 0 saturated heterocycles. The van der Waals surface area contributed by atoms with E-state index >= 15 is 0 Å². The molecule has 0 aliphatic rings. The van der Waals surface area contributed by atoms with E-state index in [9.17, 15) is 4.79 Å². The van der Waals surface area contributed by atoms with Crippen molar-refractivity contribution in [3.63, 3.8) is 0 Å². The lowest BCUT2D eigenvalue weighted by atomic mass is 10.2. The predicted molar refractivity (Wildman–Crippen MR) is 90.6 cm³/mol. The second kappa shape index (κ2) is 7.59. The Morgan fingerprint density at radius 1 is 1.24 bits per heavy atom. The van der Waals surface area contributed by atoms with Crippen LogP contribution in [-0.2, 0) is 11.3 Å². The van der Waals surface area contributed by atoms with Crippen molar-refractivity contribution in [2.75, 3.05) is 18.9 Å². The fourth-order valence-corrected chi connectivity index (χ4v) is 2.42. The smallest absolute Gasteiger partial charge is 0.238 e. The maximum absolute atomic E-state index is 12.0. The van der Waals surface area contributed by atoms with Gasteiger partial charge in [-0.15, -0.1) is 0 Å². The minimum atomic E-state index is -0.0584. The number of nitrogens with zero attached hydrogens (tertiary/aromatic N) is 1. The Bertz CT molecular complexity index is 616. The van der Waals surface area contributed by atoms with Gasteiger partial charge >= 0.3 is 0 Å². The number of anilines is 1. The van der Waals surface area contributed by atoms with Crippen LogP contribution in [0.2, 0.25) is 5.02 Å². The molecule has 0 aromatic heterocycles. The monoisotopic (exact) mass is 366 g/mol. The van der Waals surface area contributed by atoms with Gasteiger partial charge in [-0.25, -0.2) is 0 Å². The van der Waals surface area contributed by atoms with Crippen LogP contribution in [0.5, 0.6) is 0 Å². The fraction of sp³-hybridized carbons (Fsp3) is 0.188. The summed E-state index contributed by atoms with van der Waals surface area (Å²) in [5.41, 5.74) is 1.88. The quantitative estimate of drug-likeness (QED) is 0.860. The summed E-state index contributed by atoms with van der Waals surface area (Å²) in [7, 11) is 1.92. The Morgan fingerprint density at radius 3 is 2.62 bits per heavy atom. The second-order valence-electron chi connectivity index (χ2n) is 4.86. The van der Waals surface area contributed by atoms with Crippen molar-refractivity contribution in [2.24, 2.45) is 0 Å². The zero-order valence-corrected chi connectivity index (χ0v) is 14.0. The van der Waals surface area contributed by atoms with Gasteiger partial charge < -0.3 is 5.32 Å². The molecule has 0 radical (unpaired) electrons. The molecule has 2 aromatic rings. The molecule has 0 fully saturated rings. The number of amides is 1. The van der Waals surface area contributed by atoms with Crippen LogP contribution < -0.4 is 5.32 Å². The van der Waals surface area contributed by atoms with Gasteiger partial charge in [0.05, 0.1) is 6.54 Å². The van der Waals surface area contributed by atoms with Crippen molar-refractivity contribution < 1.29 is 4.79 Å². The fourth-order valence-electron chi connectivity index (χ4n) is 1.97. The van der Waals surface area contributed by atoms with E-state index in [-0.39, 0.29) is 5.91 Å². The van der Waals surface area contributed by atoms with E-state index in [2.05, 4.69) is 21.2 Å². The lowest BCUT2D eigenvalue weighted by Crippen LogP contribution is -2.29. The Morgan fingerprint density at radius 2 is 1.95 bits per heavy atom. The Labute approximate surface area is 138 Å². The van der Waals surface area contributed by atoms with Crippen LogP contribution in [0.1, 0.15) is 5.56 Å². The molecular weight excluding hydrogens is 352 g/mol. The van der Waals surface area contributed by atoms with Crippen LogP contribution in [0.25, 0.3) is 0 Å². The number of nitrogens with one attached hydrogen (secondary N) is 1. The molecule has 2 aromatic carbocycles. The average molecular weight is 368 g/mol. The maximum atomic E-state index is 12.0. The summed E-state index contributed by atoms with van der Waals surface area (Å²) in [5, 5.41) is 3.44. The first-order valence-corrected chi connectivity index (χ1v) is 7.68. The van der Waals surface area contributed by atoms with E-state index < -0.39 is 0 Å². The van der Waals surface area contributed by atoms with Gasteiger partial charge in [-0.1, -0.05) is 45.7 Å². The first-order valence-electron chi connectivity index (χ1n) is 6.51. The minimum Gasteiger partial charge on any atom is -0.325 e. The summed E-state index contributed by atoms with van der Waals surface area (Å²) in [4.78, 5) is 13.9. The lowest BCUT2D eigenvalue weighted by Gasteiger charge is -2.16. The summed E-state index contributed by atoms with van der Waals surface area (Å²) in [5.74, 6) is -0.0584. The van der Waals surface area contributed by atoms with Gasteiger partial charge in [0.2, 0.25) is 5.91 Å². The van der Waals surface area contributed by atoms with E-state index in [4.69, 9.17) is 11.6 Å². The molecule has 0 atom stereocenters. The van der Waals surface area contributed by atoms with Gasteiger partial charge in [0.1, 0.15) is 0 Å². The van der Waals surface area contributed by atoms with Crippen LogP contribution >= 0.6 is 27.5 Å². The number of benzene rings is 2. The van der Waals surface area contributed by atoms with E-state index in [1.165, 1.54) is 0 Å². The highest BCUT2D eigenvalue weighted by molar-refractivity contribution is 9.10. The average Bonchev–Trinajstić information content (AvgIpc) is 2.41. The number of hydrogen-bond donors (Lipinski definition) is 1. The van der Waals surface area contributed by atoms with E-state index in [0.29, 0.717) is 17.3 Å². The van der Waals surface area contributed by atoms with E-state index in [1.54, 1.807) is 12.1 Å². The van der Waals surface area contributed by atoms with Gasteiger partial charge in [0.25, 0.3) is 0 Å². The third kappa shape index (κ3) is 5.50. The zero-order valence-electron chi connectivity index (χ0n) is 11.6. The summed E-state index contributed by atoms with van der Waals surface area (Å²) in [6.07, 6.45) is 0. The molecule has 0 saturated carbocycles. The Balaban J connectivity index is 1.86. The van der Waals surface area contributed by atoms with E-state index in [1.807, 2.05) is 48.3 Å². The molecule has 2 rings (SSSR count). The molecule has 110 valence electrons. The van der Waals surface area contributed by atoms with Gasteiger partial charge in [-0.3, -0.25) is 9.69 Å². The molecule has 3 nitrogen and oxygen atoms in total. The highest BCUT2D eigenvalue weighted by Gasteiger charge is 2.08. The van der Waals surface area contributed by atoms with Crippen LogP contribution in [0.15, 0.2) is 53.0 Å². The Kier molecular flexibility index (Phi) is 5.79. The molecule has 0 spiro atoms. The molecule has 0 unspecified atom stereocenters. The van der Waals surface area contributed by atoms with Gasteiger partial charge in [-0.05, 0) is 42.9 Å². The molecular formula is C16H16BrClN2O. The first-order chi connectivity index (χ1) is 10.0. The normalized spacial score (nSPS) is 10.7. The molecule has 1 N–H and O–H groups in total. The van der Waals surface area contributed by atoms with Crippen molar-refractivity contribution >= 4 is 39.1 Å². The predicted octanol–water partition coefficient (Wildman–Crippen LogP) is 4.17. The standard InChI is InChI=1S/C16H16BrClN2O/c1-20(10-12-5-7-13(17)8-6-12)11-16(21)19-15-4-2-3-14(18)9-15/h2-9H,10-11H2,1H3,(H,19,21).